The summed E-state index contributed by atoms with van der Waals surface area (Å²) in [5.74, 6) is -1.68. The van der Waals surface area contributed by atoms with Gasteiger partial charge in [-0.15, -0.1) is 0 Å². The van der Waals surface area contributed by atoms with Crippen LogP contribution in [0.25, 0.3) is 0 Å². The van der Waals surface area contributed by atoms with Crippen LogP contribution in [0.1, 0.15) is 10.4 Å². The number of phenolic OH excluding ortho intramolecular Hbond substituents is 1. The fourth-order valence-electron chi connectivity index (χ4n) is 4.26. The second-order valence-electron chi connectivity index (χ2n) is 8.09. The summed E-state index contributed by atoms with van der Waals surface area (Å²) in [6.07, 6.45) is -4.61. The van der Waals surface area contributed by atoms with Crippen molar-refractivity contribution in [2.75, 3.05) is 13.2 Å². The van der Waals surface area contributed by atoms with Crippen LogP contribution >= 0.6 is 0 Å². The molecule has 11 nitrogen and oxygen atoms in total. The van der Waals surface area contributed by atoms with Crippen molar-refractivity contribution in [3.05, 3.63) is 53.8 Å². The average Bonchev–Trinajstić information content (AvgIpc) is 3.18. The number of esters is 1. The maximum Gasteiger partial charge on any atom is 0.338 e. The van der Waals surface area contributed by atoms with E-state index in [9.17, 15) is 35.4 Å². The van der Waals surface area contributed by atoms with Crippen molar-refractivity contribution >= 4 is 5.97 Å². The third-order valence-electron chi connectivity index (χ3n) is 6.05. The molecule has 1 aromatic rings. The second-order valence-corrected chi connectivity index (χ2v) is 8.09. The van der Waals surface area contributed by atoms with Crippen molar-refractivity contribution in [3.8, 4) is 5.75 Å². The number of carbonyl (C=O) groups is 1. The van der Waals surface area contributed by atoms with E-state index in [0.29, 0.717) is 5.57 Å². The SMILES string of the molecule is O=C(OC1C=C(CO)[C@@H]2C(OC3OC(CO)C(O)C(O)C3O)OC=C[C@H]12)c1ccc(O)cc1. The summed E-state index contributed by atoms with van der Waals surface area (Å²) in [7, 11) is 0. The van der Waals surface area contributed by atoms with E-state index >= 15 is 0 Å². The van der Waals surface area contributed by atoms with E-state index in [1.165, 1.54) is 30.5 Å². The molecule has 33 heavy (non-hydrogen) atoms. The van der Waals surface area contributed by atoms with E-state index in [1.807, 2.05) is 0 Å². The van der Waals surface area contributed by atoms with Crippen LogP contribution in [0.4, 0.5) is 0 Å². The van der Waals surface area contributed by atoms with Gasteiger partial charge in [0.25, 0.3) is 0 Å². The summed E-state index contributed by atoms with van der Waals surface area (Å²) in [5, 5.41) is 58.8. The molecule has 0 bridgehead atoms. The topological polar surface area (TPSA) is 175 Å². The van der Waals surface area contributed by atoms with Gasteiger partial charge in [-0.05, 0) is 42.0 Å². The standard InChI is InChI=1S/C22H26O11/c23-8-11-7-14(31-20(29)10-1-3-12(25)4-2-10)13-5-6-30-21(16(11)13)33-22-19(28)18(27)17(26)15(9-24)32-22/h1-7,13-19,21-28H,8-9H2/t13-,14?,15?,16+,17?,18?,19?,21?,22?/m1/s1. The van der Waals surface area contributed by atoms with Gasteiger partial charge in [-0.3, -0.25) is 0 Å². The molecule has 1 aromatic carbocycles. The van der Waals surface area contributed by atoms with E-state index in [-0.39, 0.29) is 17.9 Å². The zero-order valence-electron chi connectivity index (χ0n) is 17.4. The molecule has 180 valence electrons. The van der Waals surface area contributed by atoms with Crippen LogP contribution < -0.4 is 0 Å². The summed E-state index contributed by atoms with van der Waals surface area (Å²) in [6.45, 7) is -0.987. The molecule has 2 aliphatic heterocycles. The van der Waals surface area contributed by atoms with Gasteiger partial charge < -0.3 is 49.6 Å². The molecule has 9 atom stereocenters. The summed E-state index contributed by atoms with van der Waals surface area (Å²) >= 11 is 0. The predicted molar refractivity (Wildman–Crippen MR) is 108 cm³/mol. The fraction of sp³-hybridized carbons (Fsp3) is 0.500. The summed E-state index contributed by atoms with van der Waals surface area (Å²) in [6, 6.07) is 5.57. The van der Waals surface area contributed by atoms with Crippen molar-refractivity contribution in [2.24, 2.45) is 11.8 Å². The van der Waals surface area contributed by atoms with Crippen LogP contribution in [0.2, 0.25) is 0 Å². The summed E-state index contributed by atoms with van der Waals surface area (Å²) < 4.78 is 22.3. The zero-order chi connectivity index (χ0) is 23.7. The highest BCUT2D eigenvalue weighted by atomic mass is 16.8. The smallest absolute Gasteiger partial charge is 0.338 e. The first-order chi connectivity index (χ1) is 15.8. The second kappa shape index (κ2) is 9.77. The molecule has 0 aromatic heterocycles. The molecule has 4 rings (SSSR count). The minimum absolute atomic E-state index is 0.00971. The molecule has 3 aliphatic rings. The number of hydrogen-bond donors (Lipinski definition) is 6. The molecule has 1 saturated heterocycles. The van der Waals surface area contributed by atoms with Crippen LogP contribution in [0.5, 0.6) is 5.75 Å². The van der Waals surface area contributed by atoms with Gasteiger partial charge in [-0.1, -0.05) is 0 Å². The Hall–Kier alpha value is -2.51. The number of aliphatic hydroxyl groups is 5. The summed E-state index contributed by atoms with van der Waals surface area (Å²) in [5.41, 5.74) is 0.711. The highest BCUT2D eigenvalue weighted by molar-refractivity contribution is 5.89. The highest BCUT2D eigenvalue weighted by Gasteiger charge is 2.50. The van der Waals surface area contributed by atoms with Gasteiger partial charge in [0.15, 0.2) is 6.29 Å². The number of ether oxygens (including phenoxy) is 4. The van der Waals surface area contributed by atoms with Crippen LogP contribution in [0, 0.1) is 11.8 Å². The van der Waals surface area contributed by atoms with E-state index in [0.717, 1.165) is 0 Å². The molecule has 0 radical (unpaired) electrons. The van der Waals surface area contributed by atoms with Crippen LogP contribution in [0.3, 0.4) is 0 Å². The van der Waals surface area contributed by atoms with E-state index < -0.39 is 67.5 Å². The van der Waals surface area contributed by atoms with Crippen molar-refractivity contribution in [1.82, 2.24) is 0 Å². The molecular formula is C22H26O11. The quantitative estimate of drug-likeness (QED) is 0.219. The minimum atomic E-state index is -1.62. The Morgan fingerprint density at radius 1 is 1.00 bits per heavy atom. The van der Waals surface area contributed by atoms with Crippen LogP contribution in [0.15, 0.2) is 48.3 Å². The fourth-order valence-corrected chi connectivity index (χ4v) is 4.26. The Bertz CT molecular complexity index is 896. The number of carbonyl (C=O) groups excluding carboxylic acids is 1. The molecule has 0 saturated carbocycles. The maximum absolute atomic E-state index is 12.5. The minimum Gasteiger partial charge on any atom is -0.508 e. The van der Waals surface area contributed by atoms with Gasteiger partial charge >= 0.3 is 5.97 Å². The molecule has 11 heteroatoms. The monoisotopic (exact) mass is 466 g/mol. The van der Waals surface area contributed by atoms with Gasteiger partial charge in [0.2, 0.25) is 6.29 Å². The molecular weight excluding hydrogens is 440 g/mol. The van der Waals surface area contributed by atoms with Gasteiger partial charge in [-0.25, -0.2) is 4.79 Å². The van der Waals surface area contributed by atoms with Gasteiger partial charge in [-0.2, -0.15) is 0 Å². The highest BCUT2D eigenvalue weighted by Crippen LogP contribution is 2.42. The molecule has 1 aliphatic carbocycles. The molecule has 0 spiro atoms. The van der Waals surface area contributed by atoms with Crippen molar-refractivity contribution in [2.45, 2.75) is 43.1 Å². The Morgan fingerprint density at radius 2 is 1.73 bits per heavy atom. The first kappa shape index (κ1) is 23.6. The number of rotatable bonds is 6. The van der Waals surface area contributed by atoms with Crippen LogP contribution in [-0.2, 0) is 18.9 Å². The molecule has 1 fully saturated rings. The Kier molecular flexibility index (Phi) is 7.00. The van der Waals surface area contributed by atoms with Crippen molar-refractivity contribution in [1.29, 1.82) is 0 Å². The largest absolute Gasteiger partial charge is 0.508 e. The lowest BCUT2D eigenvalue weighted by Gasteiger charge is -2.42. The third-order valence-corrected chi connectivity index (χ3v) is 6.05. The Balaban J connectivity index is 1.49. The number of aromatic hydroxyl groups is 1. The Labute approximate surface area is 188 Å². The summed E-state index contributed by atoms with van der Waals surface area (Å²) in [4.78, 5) is 12.5. The lowest BCUT2D eigenvalue weighted by atomic mass is 9.88. The van der Waals surface area contributed by atoms with Gasteiger partial charge in [0.1, 0.15) is 36.3 Å². The van der Waals surface area contributed by atoms with E-state index in [1.54, 1.807) is 12.2 Å². The van der Waals surface area contributed by atoms with E-state index in [4.69, 9.17) is 18.9 Å². The van der Waals surface area contributed by atoms with E-state index in [2.05, 4.69) is 0 Å². The van der Waals surface area contributed by atoms with Crippen molar-refractivity contribution in [3.63, 3.8) is 0 Å². The third kappa shape index (κ3) is 4.62. The number of benzene rings is 1. The average molecular weight is 466 g/mol. The molecule has 0 amide bonds. The van der Waals surface area contributed by atoms with Gasteiger partial charge in [0, 0.05) is 5.92 Å². The molecule has 7 unspecified atom stereocenters. The molecule has 6 N–H and O–H groups in total. The van der Waals surface area contributed by atoms with Crippen LogP contribution in [-0.4, -0.2) is 92.9 Å². The first-order valence-electron chi connectivity index (χ1n) is 10.4. The lowest BCUT2D eigenvalue weighted by molar-refractivity contribution is -0.339. The van der Waals surface area contributed by atoms with Crippen molar-refractivity contribution < 1.29 is 54.4 Å². The lowest BCUT2D eigenvalue weighted by Crippen LogP contribution is -2.60. The predicted octanol–water partition coefficient (Wildman–Crippen LogP) is -1.23. The van der Waals surface area contributed by atoms with Gasteiger partial charge in [0.05, 0.1) is 31.0 Å². The maximum atomic E-state index is 12.5. The Morgan fingerprint density at radius 3 is 2.39 bits per heavy atom. The normalized spacial score (nSPS) is 37.7. The first-order valence-corrected chi connectivity index (χ1v) is 10.4. The zero-order valence-corrected chi connectivity index (χ0v) is 17.4. The number of fused-ring (bicyclic) bond motifs is 1. The number of aliphatic hydroxyl groups excluding tert-OH is 5. The number of hydrogen-bond acceptors (Lipinski definition) is 11. The number of phenols is 1. The molecule has 2 heterocycles.